The fourth-order valence-corrected chi connectivity index (χ4v) is 3.02. The Morgan fingerprint density at radius 2 is 1.90 bits per heavy atom. The summed E-state index contributed by atoms with van der Waals surface area (Å²) >= 11 is 0. The van der Waals surface area contributed by atoms with Gasteiger partial charge in [0.2, 0.25) is 5.91 Å². The number of imide groups is 1. The molecule has 1 heterocycles. The van der Waals surface area contributed by atoms with Gasteiger partial charge in [0.05, 0.1) is 23.2 Å². The van der Waals surface area contributed by atoms with Crippen LogP contribution in [0.15, 0.2) is 36.4 Å². The van der Waals surface area contributed by atoms with E-state index in [0.29, 0.717) is 4.90 Å². The van der Waals surface area contributed by atoms with Crippen LogP contribution in [0.2, 0.25) is 0 Å². The molecule has 154 valence electrons. The minimum Gasteiger partial charge on any atom is -0.465 e. The molecular weight excluding hydrogens is 401 g/mol. The Kier molecular flexibility index (Phi) is 5.28. The quantitative estimate of drug-likeness (QED) is 0.342. The van der Waals surface area contributed by atoms with Gasteiger partial charge in [0.15, 0.2) is 0 Å². The fraction of sp³-hybridized carbons (Fsp3) is 0.158. The number of ether oxygens (including phenoxy) is 1. The van der Waals surface area contributed by atoms with Gasteiger partial charge >= 0.3 is 5.97 Å². The number of amides is 3. The maximum atomic E-state index is 13.7. The number of nitro benzene ring substituents is 1. The standard InChI is InChI=1S/C19H14FN3O7/c1-9(16(24)21-10-6-7-13(20)12(8-10)19(27)30-2)22-17(25)11-4-3-5-14(23(28)29)15(11)18(22)26/h3-9H,1-2H3,(H,21,24). The third kappa shape index (κ3) is 3.36. The van der Waals surface area contributed by atoms with Crippen LogP contribution >= 0.6 is 0 Å². The molecule has 1 aliphatic rings. The first-order valence-corrected chi connectivity index (χ1v) is 8.51. The number of nitro groups is 1. The highest BCUT2D eigenvalue weighted by Gasteiger charge is 2.44. The summed E-state index contributed by atoms with van der Waals surface area (Å²) in [6.45, 7) is 1.26. The molecule has 10 nitrogen and oxygen atoms in total. The maximum Gasteiger partial charge on any atom is 0.340 e. The van der Waals surface area contributed by atoms with Crippen molar-refractivity contribution in [3.63, 3.8) is 0 Å². The number of fused-ring (bicyclic) bond motifs is 1. The van der Waals surface area contributed by atoms with Gasteiger partial charge in [-0.1, -0.05) is 6.07 Å². The zero-order valence-electron chi connectivity index (χ0n) is 15.7. The van der Waals surface area contributed by atoms with Crippen LogP contribution in [0, 0.1) is 15.9 Å². The van der Waals surface area contributed by atoms with E-state index in [4.69, 9.17) is 0 Å². The van der Waals surface area contributed by atoms with E-state index in [0.717, 1.165) is 25.3 Å². The van der Waals surface area contributed by atoms with Crippen molar-refractivity contribution in [3.8, 4) is 0 Å². The summed E-state index contributed by atoms with van der Waals surface area (Å²) in [5, 5.41) is 13.6. The lowest BCUT2D eigenvalue weighted by atomic mass is 10.1. The molecule has 1 atom stereocenters. The van der Waals surface area contributed by atoms with Crippen LogP contribution in [0.5, 0.6) is 0 Å². The molecule has 2 aromatic carbocycles. The molecule has 1 aliphatic heterocycles. The van der Waals surface area contributed by atoms with Crippen LogP contribution in [0.1, 0.15) is 38.0 Å². The molecular formula is C19H14FN3O7. The highest BCUT2D eigenvalue weighted by molar-refractivity contribution is 6.24. The molecule has 11 heteroatoms. The molecule has 0 saturated carbocycles. The topological polar surface area (TPSA) is 136 Å². The molecule has 30 heavy (non-hydrogen) atoms. The summed E-state index contributed by atoms with van der Waals surface area (Å²) in [4.78, 5) is 60.4. The number of methoxy groups -OCH3 is 1. The Hall–Kier alpha value is -4.15. The number of esters is 1. The Morgan fingerprint density at radius 1 is 1.20 bits per heavy atom. The number of carbonyl (C=O) groups excluding carboxylic acids is 4. The molecule has 0 aromatic heterocycles. The molecule has 3 amide bonds. The number of nitrogens with one attached hydrogen (secondary N) is 1. The number of anilines is 1. The van der Waals surface area contributed by atoms with Gasteiger partial charge in [0.1, 0.15) is 17.4 Å². The molecule has 2 aromatic rings. The van der Waals surface area contributed by atoms with Gasteiger partial charge in [-0.15, -0.1) is 0 Å². The van der Waals surface area contributed by atoms with Crippen molar-refractivity contribution in [2.75, 3.05) is 12.4 Å². The second kappa shape index (κ2) is 7.70. The molecule has 0 saturated heterocycles. The van der Waals surface area contributed by atoms with Gasteiger partial charge in [-0.2, -0.15) is 0 Å². The highest BCUT2D eigenvalue weighted by Crippen LogP contribution is 2.32. The van der Waals surface area contributed by atoms with Gasteiger partial charge in [0.25, 0.3) is 17.5 Å². The average Bonchev–Trinajstić information content (AvgIpc) is 2.98. The number of carbonyl (C=O) groups is 4. The molecule has 0 bridgehead atoms. The largest absolute Gasteiger partial charge is 0.465 e. The monoisotopic (exact) mass is 415 g/mol. The van der Waals surface area contributed by atoms with Crippen molar-refractivity contribution >= 4 is 35.1 Å². The Labute approximate surface area is 168 Å². The zero-order valence-corrected chi connectivity index (χ0v) is 15.7. The van der Waals surface area contributed by atoms with Gasteiger partial charge in [0, 0.05) is 11.8 Å². The third-order valence-electron chi connectivity index (χ3n) is 4.53. The van der Waals surface area contributed by atoms with Crippen LogP contribution in [-0.4, -0.2) is 46.7 Å². The molecule has 0 radical (unpaired) electrons. The lowest BCUT2D eigenvalue weighted by molar-refractivity contribution is -0.385. The second-order valence-corrected chi connectivity index (χ2v) is 6.29. The van der Waals surface area contributed by atoms with E-state index in [1.807, 2.05) is 0 Å². The Morgan fingerprint density at radius 3 is 2.53 bits per heavy atom. The summed E-state index contributed by atoms with van der Waals surface area (Å²) in [5.41, 5.74) is -1.50. The fourth-order valence-electron chi connectivity index (χ4n) is 3.02. The van der Waals surface area contributed by atoms with Gasteiger partial charge < -0.3 is 10.1 Å². The molecule has 0 spiro atoms. The number of rotatable bonds is 5. The molecule has 1 unspecified atom stereocenters. The van der Waals surface area contributed by atoms with Gasteiger partial charge in [-0.05, 0) is 31.2 Å². The second-order valence-electron chi connectivity index (χ2n) is 6.29. The van der Waals surface area contributed by atoms with E-state index in [2.05, 4.69) is 10.1 Å². The van der Waals surface area contributed by atoms with Crippen molar-refractivity contribution in [2.24, 2.45) is 0 Å². The summed E-state index contributed by atoms with van der Waals surface area (Å²) in [6, 6.07) is 5.43. The van der Waals surface area contributed by atoms with Gasteiger partial charge in [-0.25, -0.2) is 9.18 Å². The van der Waals surface area contributed by atoms with E-state index in [1.54, 1.807) is 0 Å². The zero-order chi connectivity index (χ0) is 22.2. The molecule has 0 aliphatic carbocycles. The highest BCUT2D eigenvalue weighted by atomic mass is 19.1. The van der Waals surface area contributed by atoms with Crippen molar-refractivity contribution in [2.45, 2.75) is 13.0 Å². The first-order chi connectivity index (χ1) is 14.2. The Balaban J connectivity index is 1.86. The lowest BCUT2D eigenvalue weighted by Crippen LogP contribution is -2.45. The van der Waals surface area contributed by atoms with Crippen molar-refractivity contribution in [1.29, 1.82) is 0 Å². The summed E-state index contributed by atoms with van der Waals surface area (Å²) in [5.74, 6) is -4.46. The van der Waals surface area contributed by atoms with Gasteiger partial charge in [-0.3, -0.25) is 29.4 Å². The first kappa shape index (κ1) is 20.6. The first-order valence-electron chi connectivity index (χ1n) is 8.51. The normalized spacial score (nSPS) is 13.6. The van der Waals surface area contributed by atoms with Crippen molar-refractivity contribution in [1.82, 2.24) is 4.90 Å². The minimum atomic E-state index is -1.34. The number of hydrogen-bond acceptors (Lipinski definition) is 7. The minimum absolute atomic E-state index is 0.0243. The molecule has 0 fully saturated rings. The van der Waals surface area contributed by atoms with E-state index in [1.165, 1.54) is 25.1 Å². The summed E-state index contributed by atoms with van der Waals surface area (Å²) in [7, 11) is 1.07. The predicted octanol–water partition coefficient (Wildman–Crippen LogP) is 2.14. The average molecular weight is 415 g/mol. The van der Waals surface area contributed by atoms with Crippen LogP contribution in [0.4, 0.5) is 15.8 Å². The molecule has 1 N–H and O–H groups in total. The maximum absolute atomic E-state index is 13.7. The van der Waals surface area contributed by atoms with Crippen LogP contribution in [-0.2, 0) is 9.53 Å². The number of halogens is 1. The van der Waals surface area contributed by atoms with E-state index < -0.39 is 51.7 Å². The third-order valence-corrected chi connectivity index (χ3v) is 4.53. The SMILES string of the molecule is COC(=O)c1cc(NC(=O)C(C)N2C(=O)c3cccc([N+](=O)[O-])c3C2=O)ccc1F. The predicted molar refractivity (Wildman–Crippen MR) is 99.4 cm³/mol. The summed E-state index contributed by atoms with van der Waals surface area (Å²) in [6.07, 6.45) is 0. The smallest absolute Gasteiger partial charge is 0.340 e. The summed E-state index contributed by atoms with van der Waals surface area (Å²) < 4.78 is 18.2. The number of hydrogen-bond donors (Lipinski definition) is 1. The van der Waals surface area contributed by atoms with E-state index in [-0.39, 0.29) is 16.8 Å². The van der Waals surface area contributed by atoms with Crippen LogP contribution in [0.25, 0.3) is 0 Å². The number of benzene rings is 2. The number of nitrogens with zero attached hydrogens (tertiary/aromatic N) is 2. The van der Waals surface area contributed by atoms with Crippen LogP contribution < -0.4 is 5.32 Å². The van der Waals surface area contributed by atoms with E-state index in [9.17, 15) is 33.7 Å². The molecule has 3 rings (SSSR count). The lowest BCUT2D eigenvalue weighted by Gasteiger charge is -2.21. The van der Waals surface area contributed by atoms with Crippen molar-refractivity contribution < 1.29 is 33.2 Å². The van der Waals surface area contributed by atoms with E-state index >= 15 is 0 Å². The van der Waals surface area contributed by atoms with Crippen molar-refractivity contribution in [3.05, 3.63) is 69.0 Å². The van der Waals surface area contributed by atoms with Crippen LogP contribution in [0.3, 0.4) is 0 Å². The Bertz CT molecular complexity index is 1120.